The zero-order valence-electron chi connectivity index (χ0n) is 10.6. The third-order valence-electron chi connectivity index (χ3n) is 3.37. The van der Waals surface area contributed by atoms with Crippen LogP contribution in [0.15, 0.2) is 24.3 Å². The van der Waals surface area contributed by atoms with Gasteiger partial charge in [0.2, 0.25) is 0 Å². The second kappa shape index (κ2) is 6.64. The van der Waals surface area contributed by atoms with Crippen molar-refractivity contribution in [1.82, 2.24) is 9.80 Å². The molecule has 1 N–H and O–H groups in total. The number of hydrogen-bond donors (Lipinski definition) is 1. The van der Waals surface area contributed by atoms with Crippen LogP contribution in [0, 0.1) is 0 Å². The first-order valence-corrected chi connectivity index (χ1v) is 6.41. The molecule has 0 aliphatic carbocycles. The fraction of sp³-hybridized carbons (Fsp3) is 0.500. The standard InChI is InChI=1S/C14H20N2O2/c17-9-8-15-4-6-16(7-5-15)11-13-2-1-3-14(10-13)12-18/h1-3,10,12,17H,4-9,11H2. The van der Waals surface area contributed by atoms with Gasteiger partial charge in [0.1, 0.15) is 6.29 Å². The van der Waals surface area contributed by atoms with Gasteiger partial charge in [-0.1, -0.05) is 18.2 Å². The molecule has 1 fully saturated rings. The smallest absolute Gasteiger partial charge is 0.150 e. The average Bonchev–Trinajstić information content (AvgIpc) is 2.42. The summed E-state index contributed by atoms with van der Waals surface area (Å²) in [6.07, 6.45) is 0.892. The molecule has 0 aromatic heterocycles. The largest absolute Gasteiger partial charge is 0.395 e. The number of piperazine rings is 1. The van der Waals surface area contributed by atoms with Gasteiger partial charge in [-0.2, -0.15) is 0 Å². The summed E-state index contributed by atoms with van der Waals surface area (Å²) in [6.45, 7) is 5.96. The molecule has 0 saturated carbocycles. The Hall–Kier alpha value is -1.23. The van der Waals surface area contributed by atoms with Crippen LogP contribution in [0.3, 0.4) is 0 Å². The number of benzene rings is 1. The summed E-state index contributed by atoms with van der Waals surface area (Å²) < 4.78 is 0. The molecular weight excluding hydrogens is 228 g/mol. The first kappa shape index (κ1) is 13.2. The predicted molar refractivity (Wildman–Crippen MR) is 70.6 cm³/mol. The second-order valence-electron chi connectivity index (χ2n) is 4.70. The Morgan fingerprint density at radius 1 is 1.17 bits per heavy atom. The normalized spacial score (nSPS) is 17.8. The SMILES string of the molecule is O=Cc1cccc(CN2CCN(CCO)CC2)c1. The Morgan fingerprint density at radius 3 is 2.56 bits per heavy atom. The van der Waals surface area contributed by atoms with Crippen molar-refractivity contribution >= 4 is 6.29 Å². The summed E-state index contributed by atoms with van der Waals surface area (Å²) in [6, 6.07) is 7.77. The zero-order valence-corrected chi connectivity index (χ0v) is 10.6. The van der Waals surface area contributed by atoms with E-state index >= 15 is 0 Å². The van der Waals surface area contributed by atoms with Crippen molar-refractivity contribution in [3.63, 3.8) is 0 Å². The maximum Gasteiger partial charge on any atom is 0.150 e. The molecule has 1 aliphatic heterocycles. The number of aliphatic hydroxyl groups excluding tert-OH is 1. The van der Waals surface area contributed by atoms with Crippen molar-refractivity contribution < 1.29 is 9.90 Å². The van der Waals surface area contributed by atoms with Gasteiger partial charge in [-0.15, -0.1) is 0 Å². The van der Waals surface area contributed by atoms with E-state index in [0.29, 0.717) is 0 Å². The number of aliphatic hydroxyl groups is 1. The van der Waals surface area contributed by atoms with Gasteiger partial charge < -0.3 is 5.11 Å². The highest BCUT2D eigenvalue weighted by molar-refractivity contribution is 5.74. The van der Waals surface area contributed by atoms with Crippen LogP contribution >= 0.6 is 0 Å². The quantitative estimate of drug-likeness (QED) is 0.775. The minimum absolute atomic E-state index is 0.237. The van der Waals surface area contributed by atoms with Crippen LogP contribution in [0.2, 0.25) is 0 Å². The van der Waals surface area contributed by atoms with E-state index in [-0.39, 0.29) is 6.61 Å². The summed E-state index contributed by atoms with van der Waals surface area (Å²) >= 11 is 0. The van der Waals surface area contributed by atoms with Crippen LogP contribution in [-0.4, -0.2) is 60.5 Å². The highest BCUT2D eigenvalue weighted by Gasteiger charge is 2.16. The number of carbonyl (C=O) groups excluding carboxylic acids is 1. The van der Waals surface area contributed by atoms with Crippen molar-refractivity contribution in [2.24, 2.45) is 0 Å². The summed E-state index contributed by atoms with van der Waals surface area (Å²) in [4.78, 5) is 15.4. The van der Waals surface area contributed by atoms with Gasteiger partial charge in [-0.25, -0.2) is 0 Å². The summed E-state index contributed by atoms with van der Waals surface area (Å²) in [7, 11) is 0. The lowest BCUT2D eigenvalue weighted by Crippen LogP contribution is -2.46. The van der Waals surface area contributed by atoms with Crippen LogP contribution in [0.4, 0.5) is 0 Å². The third kappa shape index (κ3) is 3.63. The Kier molecular flexibility index (Phi) is 4.87. The third-order valence-corrected chi connectivity index (χ3v) is 3.37. The van der Waals surface area contributed by atoms with E-state index in [1.165, 1.54) is 5.56 Å². The first-order chi connectivity index (χ1) is 8.81. The van der Waals surface area contributed by atoms with Gasteiger partial charge in [-0.3, -0.25) is 14.6 Å². The van der Waals surface area contributed by atoms with E-state index in [0.717, 1.165) is 51.1 Å². The lowest BCUT2D eigenvalue weighted by molar-refractivity contribution is 0.108. The van der Waals surface area contributed by atoms with Crippen LogP contribution in [0.1, 0.15) is 15.9 Å². The molecule has 0 bridgehead atoms. The molecule has 0 amide bonds. The minimum atomic E-state index is 0.237. The summed E-state index contributed by atoms with van der Waals surface area (Å²) in [5, 5.41) is 8.89. The second-order valence-corrected chi connectivity index (χ2v) is 4.70. The van der Waals surface area contributed by atoms with E-state index in [9.17, 15) is 4.79 Å². The number of rotatable bonds is 5. The highest BCUT2D eigenvalue weighted by atomic mass is 16.3. The monoisotopic (exact) mass is 248 g/mol. The van der Waals surface area contributed by atoms with Gasteiger partial charge >= 0.3 is 0 Å². The molecule has 0 unspecified atom stereocenters. The minimum Gasteiger partial charge on any atom is -0.395 e. The van der Waals surface area contributed by atoms with E-state index in [4.69, 9.17) is 5.11 Å². The van der Waals surface area contributed by atoms with Crippen molar-refractivity contribution in [1.29, 1.82) is 0 Å². The van der Waals surface area contributed by atoms with Crippen LogP contribution in [0.25, 0.3) is 0 Å². The van der Waals surface area contributed by atoms with Crippen LogP contribution in [0.5, 0.6) is 0 Å². The molecule has 18 heavy (non-hydrogen) atoms. The average molecular weight is 248 g/mol. The molecule has 1 aliphatic rings. The topological polar surface area (TPSA) is 43.8 Å². The molecule has 1 aromatic carbocycles. The van der Waals surface area contributed by atoms with Crippen molar-refractivity contribution in [3.05, 3.63) is 35.4 Å². The molecule has 2 rings (SSSR count). The molecule has 4 heteroatoms. The fourth-order valence-corrected chi connectivity index (χ4v) is 2.34. The van der Waals surface area contributed by atoms with Gasteiger partial charge in [0, 0.05) is 44.8 Å². The number of β-amino-alcohol motifs (C(OH)–C–C–N with tert-alkyl or cyclic N) is 1. The zero-order chi connectivity index (χ0) is 12.8. The number of hydrogen-bond acceptors (Lipinski definition) is 4. The molecule has 98 valence electrons. The van der Waals surface area contributed by atoms with E-state index in [2.05, 4.69) is 15.9 Å². The van der Waals surface area contributed by atoms with E-state index < -0.39 is 0 Å². The predicted octanol–water partition coefficient (Wildman–Crippen LogP) is 0.609. The maximum absolute atomic E-state index is 10.7. The number of aldehydes is 1. The lowest BCUT2D eigenvalue weighted by Gasteiger charge is -2.34. The molecule has 1 saturated heterocycles. The molecule has 0 atom stereocenters. The van der Waals surface area contributed by atoms with Gasteiger partial charge in [0.05, 0.1) is 6.61 Å². The molecule has 4 nitrogen and oxygen atoms in total. The first-order valence-electron chi connectivity index (χ1n) is 6.41. The molecule has 1 heterocycles. The lowest BCUT2D eigenvalue weighted by atomic mass is 10.1. The highest BCUT2D eigenvalue weighted by Crippen LogP contribution is 2.09. The summed E-state index contributed by atoms with van der Waals surface area (Å²) in [5.41, 5.74) is 1.93. The van der Waals surface area contributed by atoms with Gasteiger partial charge in [0.25, 0.3) is 0 Å². The Labute approximate surface area is 108 Å². The number of nitrogens with zero attached hydrogens (tertiary/aromatic N) is 2. The molecule has 0 radical (unpaired) electrons. The van der Waals surface area contributed by atoms with Crippen LogP contribution < -0.4 is 0 Å². The van der Waals surface area contributed by atoms with Crippen LogP contribution in [-0.2, 0) is 6.54 Å². The summed E-state index contributed by atoms with van der Waals surface area (Å²) in [5.74, 6) is 0. The van der Waals surface area contributed by atoms with Crippen molar-refractivity contribution in [3.8, 4) is 0 Å². The molecule has 0 spiro atoms. The van der Waals surface area contributed by atoms with Gasteiger partial charge in [-0.05, 0) is 11.6 Å². The molecule has 1 aromatic rings. The van der Waals surface area contributed by atoms with Crippen molar-refractivity contribution in [2.45, 2.75) is 6.54 Å². The van der Waals surface area contributed by atoms with Gasteiger partial charge in [0.15, 0.2) is 0 Å². The van der Waals surface area contributed by atoms with Crippen molar-refractivity contribution in [2.75, 3.05) is 39.3 Å². The Morgan fingerprint density at radius 2 is 1.89 bits per heavy atom. The Balaban J connectivity index is 1.85. The fourth-order valence-electron chi connectivity index (χ4n) is 2.34. The van der Waals surface area contributed by atoms with E-state index in [1.807, 2.05) is 18.2 Å². The Bertz CT molecular complexity index is 387. The van der Waals surface area contributed by atoms with E-state index in [1.54, 1.807) is 0 Å². The molecular formula is C14H20N2O2. The number of carbonyl (C=O) groups is 1. The maximum atomic E-state index is 10.7.